The Hall–Kier alpha value is -3.46. The quantitative estimate of drug-likeness (QED) is 0.391. The number of fused-ring (bicyclic) bond motifs is 1. The van der Waals surface area contributed by atoms with E-state index in [0.717, 1.165) is 34.7 Å². The molecule has 180 valence electrons. The fourth-order valence-electron chi connectivity index (χ4n) is 4.19. The molecule has 3 aromatic heterocycles. The normalized spacial score (nSPS) is 13.0. The molecule has 0 fully saturated rings. The van der Waals surface area contributed by atoms with E-state index in [1.54, 1.807) is 6.26 Å². The number of H-pyrrole nitrogens is 1. The molecule has 34 heavy (non-hydrogen) atoms. The molecule has 0 saturated heterocycles. The number of aromatic amines is 1. The van der Waals surface area contributed by atoms with Crippen LogP contribution in [0.2, 0.25) is 0 Å². The zero-order chi connectivity index (χ0) is 24.3. The van der Waals surface area contributed by atoms with Crippen LogP contribution in [0.4, 0.5) is 0 Å². The summed E-state index contributed by atoms with van der Waals surface area (Å²) in [5.41, 5.74) is 1.03. The van der Waals surface area contributed by atoms with Crippen LogP contribution >= 0.6 is 0 Å². The second-order valence-corrected chi connectivity index (χ2v) is 9.33. The molecular formula is C25H32N6O3. The molecular weight excluding hydrogens is 432 g/mol. The SMILES string of the molecule is CCOc1ccc2[nH]c(=O)c(CN(Cc3ccco3)[C@@H](CC)c3nnnn3C(C)(C)C)cc2c1. The van der Waals surface area contributed by atoms with E-state index >= 15 is 0 Å². The lowest BCUT2D eigenvalue weighted by molar-refractivity contribution is 0.142. The zero-order valence-electron chi connectivity index (χ0n) is 20.4. The molecule has 3 heterocycles. The smallest absolute Gasteiger partial charge is 0.252 e. The van der Waals surface area contributed by atoms with Gasteiger partial charge in [-0.3, -0.25) is 9.69 Å². The van der Waals surface area contributed by atoms with Crippen LogP contribution in [0.5, 0.6) is 5.75 Å². The van der Waals surface area contributed by atoms with Crippen molar-refractivity contribution in [1.82, 2.24) is 30.1 Å². The van der Waals surface area contributed by atoms with Crippen molar-refractivity contribution in [1.29, 1.82) is 0 Å². The first-order valence-corrected chi connectivity index (χ1v) is 11.6. The molecule has 0 amide bonds. The molecule has 4 rings (SSSR count). The van der Waals surface area contributed by atoms with Crippen LogP contribution in [0, 0.1) is 0 Å². The number of ether oxygens (including phenoxy) is 1. The molecule has 0 aliphatic carbocycles. The average molecular weight is 465 g/mol. The second-order valence-electron chi connectivity index (χ2n) is 9.33. The molecule has 4 aromatic rings. The van der Waals surface area contributed by atoms with E-state index in [4.69, 9.17) is 9.15 Å². The van der Waals surface area contributed by atoms with Crippen LogP contribution in [0.1, 0.15) is 64.2 Å². The summed E-state index contributed by atoms with van der Waals surface area (Å²) in [6.07, 6.45) is 2.42. The number of furan rings is 1. The lowest BCUT2D eigenvalue weighted by Crippen LogP contribution is -2.35. The summed E-state index contributed by atoms with van der Waals surface area (Å²) >= 11 is 0. The summed E-state index contributed by atoms with van der Waals surface area (Å²) in [6.45, 7) is 11.8. The maximum Gasteiger partial charge on any atom is 0.252 e. The van der Waals surface area contributed by atoms with Crippen molar-refractivity contribution in [3.63, 3.8) is 0 Å². The first-order chi connectivity index (χ1) is 16.3. The molecule has 0 spiro atoms. The Morgan fingerprint density at radius 1 is 1.18 bits per heavy atom. The molecule has 0 aliphatic rings. The van der Waals surface area contributed by atoms with Crippen molar-refractivity contribution in [3.05, 3.63) is 70.2 Å². The highest BCUT2D eigenvalue weighted by Gasteiger charge is 2.30. The highest BCUT2D eigenvalue weighted by Crippen LogP contribution is 2.29. The van der Waals surface area contributed by atoms with Gasteiger partial charge in [0, 0.05) is 23.0 Å². The van der Waals surface area contributed by atoms with E-state index in [0.29, 0.717) is 25.3 Å². The van der Waals surface area contributed by atoms with Crippen molar-refractivity contribution in [2.24, 2.45) is 0 Å². The van der Waals surface area contributed by atoms with Gasteiger partial charge >= 0.3 is 0 Å². The van der Waals surface area contributed by atoms with Crippen LogP contribution in [-0.2, 0) is 18.6 Å². The number of rotatable bonds is 9. The summed E-state index contributed by atoms with van der Waals surface area (Å²) in [5.74, 6) is 2.35. The third-order valence-corrected chi connectivity index (χ3v) is 5.77. The molecule has 0 unspecified atom stereocenters. The Kier molecular flexibility index (Phi) is 6.83. The number of tetrazole rings is 1. The van der Waals surface area contributed by atoms with Crippen molar-refractivity contribution in [3.8, 4) is 5.75 Å². The zero-order valence-corrected chi connectivity index (χ0v) is 20.4. The maximum atomic E-state index is 13.0. The summed E-state index contributed by atoms with van der Waals surface area (Å²) < 4.78 is 13.2. The van der Waals surface area contributed by atoms with Gasteiger partial charge in [0.1, 0.15) is 11.5 Å². The van der Waals surface area contributed by atoms with Gasteiger partial charge in [-0.05, 0) is 80.9 Å². The molecule has 1 aromatic carbocycles. The van der Waals surface area contributed by atoms with Crippen molar-refractivity contribution < 1.29 is 9.15 Å². The number of nitrogens with zero attached hydrogens (tertiary/aromatic N) is 5. The van der Waals surface area contributed by atoms with E-state index in [2.05, 4.69) is 53.1 Å². The highest BCUT2D eigenvalue weighted by molar-refractivity contribution is 5.80. The van der Waals surface area contributed by atoms with Gasteiger partial charge < -0.3 is 14.1 Å². The third-order valence-electron chi connectivity index (χ3n) is 5.77. The first kappa shape index (κ1) is 23.7. The molecule has 9 heteroatoms. The summed E-state index contributed by atoms with van der Waals surface area (Å²) in [4.78, 5) is 18.2. The predicted octanol–water partition coefficient (Wildman–Crippen LogP) is 4.41. The number of aromatic nitrogens is 5. The van der Waals surface area contributed by atoms with Crippen LogP contribution in [0.15, 0.2) is 51.9 Å². The van der Waals surface area contributed by atoms with Crippen LogP contribution in [0.3, 0.4) is 0 Å². The van der Waals surface area contributed by atoms with Gasteiger partial charge in [0.2, 0.25) is 0 Å². The lowest BCUT2D eigenvalue weighted by Gasteiger charge is -2.31. The lowest BCUT2D eigenvalue weighted by atomic mass is 10.1. The van der Waals surface area contributed by atoms with Crippen LogP contribution in [-0.4, -0.2) is 36.7 Å². The molecule has 1 N–H and O–H groups in total. The number of hydrogen-bond donors (Lipinski definition) is 1. The first-order valence-electron chi connectivity index (χ1n) is 11.6. The van der Waals surface area contributed by atoms with Crippen LogP contribution < -0.4 is 10.3 Å². The number of nitrogens with one attached hydrogen (secondary N) is 1. The molecule has 9 nitrogen and oxygen atoms in total. The Morgan fingerprint density at radius 2 is 2.00 bits per heavy atom. The van der Waals surface area contributed by atoms with Gasteiger partial charge in [-0.1, -0.05) is 6.92 Å². The Bertz CT molecular complexity index is 1290. The summed E-state index contributed by atoms with van der Waals surface area (Å²) in [6, 6.07) is 11.3. The molecule has 1 atom stereocenters. The minimum absolute atomic E-state index is 0.119. The van der Waals surface area contributed by atoms with Gasteiger partial charge in [-0.15, -0.1) is 5.10 Å². The average Bonchev–Trinajstić information content (AvgIpc) is 3.47. The van der Waals surface area contributed by atoms with Gasteiger partial charge in [-0.25, -0.2) is 4.68 Å². The molecule has 0 radical (unpaired) electrons. The largest absolute Gasteiger partial charge is 0.494 e. The van der Waals surface area contributed by atoms with Gasteiger partial charge in [-0.2, -0.15) is 0 Å². The fourth-order valence-corrected chi connectivity index (χ4v) is 4.19. The minimum atomic E-state index is -0.279. The van der Waals surface area contributed by atoms with Crippen molar-refractivity contribution >= 4 is 10.9 Å². The summed E-state index contributed by atoms with van der Waals surface area (Å²) in [7, 11) is 0. The second kappa shape index (κ2) is 9.80. The monoisotopic (exact) mass is 464 g/mol. The summed E-state index contributed by atoms with van der Waals surface area (Å²) in [5, 5.41) is 13.5. The molecule has 0 saturated carbocycles. The standard InChI is InChI=1S/C25H32N6O3/c1-6-22(23-27-28-29-31(23)25(3,4)5)30(16-20-9-8-12-34-20)15-18-13-17-14-19(33-7-2)10-11-21(17)26-24(18)32/h8-14,22H,6-7,15-16H2,1-5H3,(H,26,32)/t22-/m0/s1. The Balaban J connectivity index is 1.74. The molecule has 0 bridgehead atoms. The fraction of sp³-hybridized carbons (Fsp3) is 0.440. The van der Waals surface area contributed by atoms with E-state index in [1.165, 1.54) is 0 Å². The predicted molar refractivity (Wildman–Crippen MR) is 130 cm³/mol. The minimum Gasteiger partial charge on any atom is -0.494 e. The molecule has 0 aliphatic heterocycles. The van der Waals surface area contributed by atoms with Gasteiger partial charge in [0.25, 0.3) is 5.56 Å². The Morgan fingerprint density at radius 3 is 2.68 bits per heavy atom. The van der Waals surface area contributed by atoms with Crippen molar-refractivity contribution in [2.45, 2.75) is 65.7 Å². The highest BCUT2D eigenvalue weighted by atomic mass is 16.5. The van der Waals surface area contributed by atoms with E-state index < -0.39 is 0 Å². The van der Waals surface area contributed by atoms with E-state index in [-0.39, 0.29) is 17.1 Å². The van der Waals surface area contributed by atoms with E-state index in [1.807, 2.05) is 48.0 Å². The Labute approximate surface area is 198 Å². The van der Waals surface area contributed by atoms with E-state index in [9.17, 15) is 4.79 Å². The maximum absolute atomic E-state index is 13.0. The topological polar surface area (TPSA) is 102 Å². The number of pyridine rings is 1. The van der Waals surface area contributed by atoms with Crippen LogP contribution in [0.25, 0.3) is 10.9 Å². The third kappa shape index (κ3) is 5.04. The van der Waals surface area contributed by atoms with Gasteiger partial charge in [0.15, 0.2) is 5.82 Å². The number of benzene rings is 1. The number of hydrogen-bond acceptors (Lipinski definition) is 7. The van der Waals surface area contributed by atoms with Gasteiger partial charge in [0.05, 0.1) is 31.0 Å². The van der Waals surface area contributed by atoms with Crippen molar-refractivity contribution in [2.75, 3.05) is 6.61 Å².